The Morgan fingerprint density at radius 3 is 1.91 bits per heavy atom. The van der Waals surface area contributed by atoms with Crippen molar-refractivity contribution in [2.75, 3.05) is 21.3 Å². The lowest BCUT2D eigenvalue weighted by Gasteiger charge is -2.29. The lowest BCUT2D eigenvalue weighted by Crippen LogP contribution is -2.44. The van der Waals surface area contributed by atoms with Crippen molar-refractivity contribution in [1.82, 2.24) is 0 Å². The van der Waals surface area contributed by atoms with E-state index in [1.165, 1.54) is 18.1 Å². The first-order valence-corrected chi connectivity index (χ1v) is 16.0. The van der Waals surface area contributed by atoms with Gasteiger partial charge in [0.1, 0.15) is 0 Å². The Hall–Kier alpha value is -0.249. The fourth-order valence-electron chi connectivity index (χ4n) is 2.73. The van der Waals surface area contributed by atoms with Crippen LogP contribution in [-0.2, 0) is 13.3 Å². The van der Waals surface area contributed by atoms with Gasteiger partial charge in [-0.05, 0) is 0 Å². The fraction of sp³-hybridized carbons (Fsp3) is 0.625. The number of hydrogen-bond donors (Lipinski definition) is 0. The Morgan fingerprint density at radius 1 is 0.864 bits per heavy atom. The number of benzene rings is 1. The van der Waals surface area contributed by atoms with Gasteiger partial charge >= 0.3 is 8.80 Å². The predicted octanol–water partition coefficient (Wildman–Crippen LogP) is 3.34. The van der Waals surface area contributed by atoms with Crippen LogP contribution in [0.25, 0.3) is 0 Å². The first-order chi connectivity index (χ1) is 10.4. The molecule has 3 nitrogen and oxygen atoms in total. The third-order valence-electron chi connectivity index (χ3n) is 4.66. The van der Waals surface area contributed by atoms with Gasteiger partial charge in [-0.25, -0.2) is 0 Å². The van der Waals surface area contributed by atoms with E-state index in [4.69, 9.17) is 13.3 Å². The van der Waals surface area contributed by atoms with Gasteiger partial charge in [0.05, 0.1) is 8.80 Å². The lowest BCUT2D eigenvalue weighted by molar-refractivity contribution is 0.125. The fourth-order valence-corrected chi connectivity index (χ4v) is 14.1. The molecule has 0 bridgehead atoms. The van der Waals surface area contributed by atoms with Crippen molar-refractivity contribution in [2.45, 2.75) is 43.8 Å². The minimum Gasteiger partial charge on any atom is -0.377 e. The highest BCUT2D eigenvalue weighted by atomic mass is 28.4. The van der Waals surface area contributed by atoms with Crippen LogP contribution in [0.1, 0.15) is 0 Å². The molecule has 0 aliphatic heterocycles. The summed E-state index contributed by atoms with van der Waals surface area (Å²) in [6, 6.07) is 16.0. The van der Waals surface area contributed by atoms with Crippen molar-refractivity contribution in [3.63, 3.8) is 0 Å². The first-order valence-electron chi connectivity index (χ1n) is 8.08. The maximum atomic E-state index is 5.55. The molecule has 1 unspecified atom stereocenters. The van der Waals surface area contributed by atoms with E-state index < -0.39 is 25.7 Å². The molecule has 126 valence electrons. The van der Waals surface area contributed by atoms with Crippen LogP contribution in [0, 0.1) is 0 Å². The van der Waals surface area contributed by atoms with E-state index in [1.807, 2.05) is 0 Å². The molecule has 1 aromatic carbocycles. The maximum absolute atomic E-state index is 5.55. The highest BCUT2D eigenvalue weighted by Crippen LogP contribution is 2.26. The molecule has 0 radical (unpaired) electrons. The molecule has 0 saturated carbocycles. The average Bonchev–Trinajstić information content (AvgIpc) is 2.55. The van der Waals surface area contributed by atoms with Gasteiger partial charge in [-0.3, -0.25) is 0 Å². The van der Waals surface area contributed by atoms with E-state index in [2.05, 4.69) is 50.0 Å². The molecule has 22 heavy (non-hydrogen) atoms. The molecular weight excluding hydrogens is 324 g/mol. The smallest absolute Gasteiger partial charge is 0.377 e. The number of rotatable bonds is 10. The average molecular weight is 357 g/mol. The van der Waals surface area contributed by atoms with Gasteiger partial charge in [-0.15, -0.1) is 0 Å². The minimum atomic E-state index is -2.40. The zero-order chi connectivity index (χ0) is 16.6. The van der Waals surface area contributed by atoms with E-state index in [1.54, 1.807) is 26.5 Å². The molecule has 0 saturated heterocycles. The van der Waals surface area contributed by atoms with Crippen LogP contribution >= 0.6 is 0 Å². The van der Waals surface area contributed by atoms with E-state index in [0.29, 0.717) is 0 Å². The summed E-state index contributed by atoms with van der Waals surface area (Å²) in [6.07, 6.45) is 0. The normalized spacial score (nSPS) is 14.1. The zero-order valence-corrected chi connectivity index (χ0v) is 18.2. The van der Waals surface area contributed by atoms with Crippen molar-refractivity contribution < 1.29 is 13.3 Å². The summed E-state index contributed by atoms with van der Waals surface area (Å²) >= 11 is 0. The molecule has 0 N–H and O–H groups in total. The van der Waals surface area contributed by atoms with Crippen molar-refractivity contribution >= 4 is 30.9 Å². The third-order valence-corrected chi connectivity index (χ3v) is 14.4. The van der Waals surface area contributed by atoms with Crippen LogP contribution in [0.3, 0.4) is 0 Å². The predicted molar refractivity (Wildman–Crippen MR) is 103 cm³/mol. The molecule has 0 fully saturated rings. The van der Waals surface area contributed by atoms with Gasteiger partial charge < -0.3 is 13.3 Å². The van der Waals surface area contributed by atoms with Crippen molar-refractivity contribution in [1.29, 1.82) is 0 Å². The van der Waals surface area contributed by atoms with Crippen molar-refractivity contribution in [2.24, 2.45) is 0 Å². The molecule has 1 aromatic rings. The van der Waals surface area contributed by atoms with Crippen molar-refractivity contribution in [3.05, 3.63) is 30.3 Å². The summed E-state index contributed by atoms with van der Waals surface area (Å²) in [5.41, 5.74) is 0. The third kappa shape index (κ3) is 6.10. The Balaban J connectivity index is 2.50. The summed E-state index contributed by atoms with van der Waals surface area (Å²) in [7, 11) is 0.693. The SMILES string of the molecule is CO[Si](CC[Si](C)(C)CC[SiH](C)c1ccccc1)(OC)OC. The van der Waals surface area contributed by atoms with E-state index in [-0.39, 0.29) is 0 Å². The molecule has 0 spiro atoms. The second kappa shape index (κ2) is 9.15. The molecular formula is C16H32O3Si3. The maximum Gasteiger partial charge on any atom is 0.499 e. The van der Waals surface area contributed by atoms with Gasteiger partial charge in [0.2, 0.25) is 0 Å². The number of hydrogen-bond acceptors (Lipinski definition) is 3. The van der Waals surface area contributed by atoms with E-state index in [9.17, 15) is 0 Å². The van der Waals surface area contributed by atoms with Gasteiger partial charge in [-0.1, -0.05) is 73.3 Å². The quantitative estimate of drug-likeness (QED) is 0.602. The van der Waals surface area contributed by atoms with Crippen LogP contribution < -0.4 is 5.19 Å². The molecule has 0 aromatic heterocycles. The standard InChI is InChI=1S/C16H32O3Si3/c1-17-22(18-2,19-3)15-14-21(5,6)13-12-20(4)16-10-8-7-9-11-16/h7-11,20H,12-15H2,1-6H3. The molecule has 0 aliphatic rings. The van der Waals surface area contributed by atoms with Gasteiger partial charge in [0.15, 0.2) is 0 Å². The van der Waals surface area contributed by atoms with Gasteiger partial charge in [0, 0.05) is 35.4 Å². The Morgan fingerprint density at radius 2 is 1.41 bits per heavy atom. The highest BCUT2D eigenvalue weighted by molar-refractivity contribution is 6.81. The van der Waals surface area contributed by atoms with Crippen LogP contribution in [0.2, 0.25) is 43.8 Å². The summed E-state index contributed by atoms with van der Waals surface area (Å²) in [5, 5.41) is 1.58. The van der Waals surface area contributed by atoms with E-state index in [0.717, 1.165) is 6.04 Å². The second-order valence-corrected chi connectivity index (χ2v) is 18.3. The summed E-state index contributed by atoms with van der Waals surface area (Å²) in [6.45, 7) is 7.44. The topological polar surface area (TPSA) is 27.7 Å². The summed E-state index contributed by atoms with van der Waals surface area (Å²) in [5.74, 6) is 0. The molecule has 0 aliphatic carbocycles. The Kier molecular flexibility index (Phi) is 8.23. The molecule has 1 rings (SSSR count). The van der Waals surface area contributed by atoms with Crippen LogP contribution in [0.4, 0.5) is 0 Å². The first kappa shape index (κ1) is 19.8. The lowest BCUT2D eigenvalue weighted by atomic mass is 10.4. The molecule has 1 atom stereocenters. The minimum absolute atomic E-state index is 0.797. The van der Waals surface area contributed by atoms with Crippen LogP contribution in [0.15, 0.2) is 30.3 Å². The second-order valence-electron chi connectivity index (χ2n) is 6.81. The largest absolute Gasteiger partial charge is 0.499 e. The van der Waals surface area contributed by atoms with Crippen LogP contribution in [-0.4, -0.2) is 47.0 Å². The van der Waals surface area contributed by atoms with Gasteiger partial charge in [0.25, 0.3) is 0 Å². The molecule has 0 amide bonds. The summed E-state index contributed by atoms with van der Waals surface area (Å²) in [4.78, 5) is 0. The Labute approximate surface area is 140 Å². The Bertz CT molecular complexity index is 414. The van der Waals surface area contributed by atoms with E-state index >= 15 is 0 Å². The van der Waals surface area contributed by atoms with Crippen LogP contribution in [0.5, 0.6) is 0 Å². The molecule has 6 heteroatoms. The summed E-state index contributed by atoms with van der Waals surface area (Å²) < 4.78 is 16.7. The zero-order valence-electron chi connectivity index (χ0n) is 15.0. The van der Waals surface area contributed by atoms with Crippen molar-refractivity contribution in [3.8, 4) is 0 Å². The molecule has 0 heterocycles. The highest BCUT2D eigenvalue weighted by Gasteiger charge is 2.39. The van der Waals surface area contributed by atoms with Gasteiger partial charge in [-0.2, -0.15) is 0 Å². The monoisotopic (exact) mass is 356 g/mol.